The van der Waals surface area contributed by atoms with Gasteiger partial charge in [0.25, 0.3) is 5.56 Å². The minimum absolute atomic E-state index is 0.0116. The molecule has 0 spiro atoms. The summed E-state index contributed by atoms with van der Waals surface area (Å²) in [5.74, 6) is -1.54. The van der Waals surface area contributed by atoms with Crippen LogP contribution in [0.5, 0.6) is 0 Å². The summed E-state index contributed by atoms with van der Waals surface area (Å²) in [6.07, 6.45) is 8.93. The molecule has 0 N–H and O–H groups in total. The lowest BCUT2D eigenvalue weighted by Gasteiger charge is -2.29. The molecule has 0 bridgehead atoms. The van der Waals surface area contributed by atoms with Crippen molar-refractivity contribution in [3.05, 3.63) is 80.8 Å². The van der Waals surface area contributed by atoms with E-state index in [4.69, 9.17) is 21.3 Å². The molecular formula is C25H22ClF2N5O2. The lowest BCUT2D eigenvalue weighted by molar-refractivity contribution is 0.00454. The van der Waals surface area contributed by atoms with Gasteiger partial charge < -0.3 is 4.74 Å². The number of nitrogens with zero attached hydrogens (tertiary/aromatic N) is 5. The molecule has 4 heterocycles. The van der Waals surface area contributed by atoms with Crippen LogP contribution in [0.25, 0.3) is 16.9 Å². The van der Waals surface area contributed by atoms with E-state index in [0.717, 1.165) is 30.5 Å². The molecule has 4 aromatic rings. The van der Waals surface area contributed by atoms with Gasteiger partial charge in [-0.3, -0.25) is 13.9 Å². The molecular weight excluding hydrogens is 476 g/mol. The van der Waals surface area contributed by atoms with Crippen LogP contribution in [0, 0.1) is 18.6 Å². The highest BCUT2D eigenvalue weighted by molar-refractivity contribution is 6.31. The van der Waals surface area contributed by atoms with Gasteiger partial charge >= 0.3 is 0 Å². The van der Waals surface area contributed by atoms with Crippen molar-refractivity contribution in [2.45, 2.75) is 50.7 Å². The Morgan fingerprint density at radius 2 is 1.97 bits per heavy atom. The highest BCUT2D eigenvalue weighted by Crippen LogP contribution is 2.40. The van der Waals surface area contributed by atoms with Gasteiger partial charge in [-0.1, -0.05) is 11.6 Å². The summed E-state index contributed by atoms with van der Waals surface area (Å²) in [4.78, 5) is 22.2. The van der Waals surface area contributed by atoms with Gasteiger partial charge in [-0.25, -0.2) is 18.7 Å². The molecule has 2 aliphatic rings. The molecule has 1 saturated heterocycles. The number of hydrogen-bond donors (Lipinski definition) is 0. The van der Waals surface area contributed by atoms with Crippen LogP contribution in [-0.2, 0) is 4.74 Å². The molecule has 1 aliphatic carbocycles. The third-order valence-electron chi connectivity index (χ3n) is 6.74. The lowest BCUT2D eigenvalue weighted by atomic mass is 9.90. The summed E-state index contributed by atoms with van der Waals surface area (Å²) < 4.78 is 37.8. The van der Waals surface area contributed by atoms with E-state index in [1.54, 1.807) is 13.1 Å². The van der Waals surface area contributed by atoms with Crippen molar-refractivity contribution in [2.75, 3.05) is 6.61 Å². The number of aryl methyl sites for hydroxylation is 1. The molecule has 0 amide bonds. The van der Waals surface area contributed by atoms with Crippen molar-refractivity contribution in [3.63, 3.8) is 0 Å². The van der Waals surface area contributed by atoms with E-state index >= 15 is 0 Å². The number of fused-ring (bicyclic) bond motifs is 1. The summed E-state index contributed by atoms with van der Waals surface area (Å²) in [6, 6.07) is 3.74. The van der Waals surface area contributed by atoms with E-state index in [-0.39, 0.29) is 33.9 Å². The van der Waals surface area contributed by atoms with Crippen molar-refractivity contribution in [3.8, 4) is 11.3 Å². The number of ether oxygens (including phenoxy) is 1. The number of benzene rings is 1. The normalized spacial score (nSPS) is 20.5. The van der Waals surface area contributed by atoms with E-state index in [9.17, 15) is 13.6 Å². The molecule has 7 nitrogen and oxygen atoms in total. The second kappa shape index (κ2) is 8.49. The topological polar surface area (TPSA) is 74.3 Å². The number of hydrogen-bond acceptors (Lipinski definition) is 5. The third-order valence-corrected chi connectivity index (χ3v) is 7.18. The zero-order chi connectivity index (χ0) is 24.3. The second-order valence-electron chi connectivity index (χ2n) is 9.21. The molecule has 1 aliphatic heterocycles. The Morgan fingerprint density at radius 3 is 2.74 bits per heavy atom. The van der Waals surface area contributed by atoms with Crippen molar-refractivity contribution >= 4 is 17.2 Å². The van der Waals surface area contributed by atoms with Crippen molar-refractivity contribution < 1.29 is 13.5 Å². The van der Waals surface area contributed by atoms with Crippen LogP contribution in [0.4, 0.5) is 8.78 Å². The Bertz CT molecular complexity index is 1510. The molecule has 1 aromatic carbocycles. The van der Waals surface area contributed by atoms with Crippen molar-refractivity contribution in [2.24, 2.45) is 0 Å². The summed E-state index contributed by atoms with van der Waals surface area (Å²) in [7, 11) is 0. The fourth-order valence-corrected chi connectivity index (χ4v) is 4.79. The zero-order valence-electron chi connectivity index (χ0n) is 18.9. The van der Waals surface area contributed by atoms with Gasteiger partial charge in [0.2, 0.25) is 0 Å². The van der Waals surface area contributed by atoms with Crippen LogP contribution in [0.3, 0.4) is 0 Å². The standard InChI is InChI=1S/C25H22ClF2N5O2/c1-13-22(26)25(34)32-12-20(31-23(24(32)30-13)18-5-2-16(27)9-19(18)28)14-6-7-35-21(8-14)15-10-29-33(11-15)17-3-4-17/h2,5,9-12,14,17,21H,3-4,6-8H2,1H3. The van der Waals surface area contributed by atoms with E-state index in [1.165, 1.54) is 10.5 Å². The average molecular weight is 498 g/mol. The predicted octanol–water partition coefficient (Wildman–Crippen LogP) is 5.16. The Morgan fingerprint density at radius 1 is 1.14 bits per heavy atom. The van der Waals surface area contributed by atoms with Crippen LogP contribution < -0.4 is 5.56 Å². The van der Waals surface area contributed by atoms with Gasteiger partial charge in [-0.05, 0) is 44.7 Å². The predicted molar refractivity (Wildman–Crippen MR) is 126 cm³/mol. The van der Waals surface area contributed by atoms with Gasteiger partial charge in [0.05, 0.1) is 29.7 Å². The van der Waals surface area contributed by atoms with Gasteiger partial charge in [-0.15, -0.1) is 0 Å². The van der Waals surface area contributed by atoms with Crippen LogP contribution in [-0.4, -0.2) is 30.8 Å². The summed E-state index contributed by atoms with van der Waals surface area (Å²) >= 11 is 6.21. The monoisotopic (exact) mass is 497 g/mol. The van der Waals surface area contributed by atoms with E-state index in [1.807, 2.05) is 17.1 Å². The number of halogens is 3. The number of aromatic nitrogens is 5. The molecule has 2 atom stereocenters. The minimum Gasteiger partial charge on any atom is -0.373 e. The largest absolute Gasteiger partial charge is 0.373 e. The Hall–Kier alpha value is -3.17. The highest BCUT2D eigenvalue weighted by atomic mass is 35.5. The van der Waals surface area contributed by atoms with Gasteiger partial charge in [0, 0.05) is 42.1 Å². The van der Waals surface area contributed by atoms with Crippen molar-refractivity contribution in [1.82, 2.24) is 24.1 Å². The molecule has 3 aromatic heterocycles. The zero-order valence-corrected chi connectivity index (χ0v) is 19.7. The van der Waals surface area contributed by atoms with Crippen LogP contribution in [0.2, 0.25) is 5.02 Å². The summed E-state index contributed by atoms with van der Waals surface area (Å²) in [6.45, 7) is 2.11. The van der Waals surface area contributed by atoms with E-state index in [2.05, 4.69) is 10.1 Å². The fraction of sp³-hybridized carbons (Fsp3) is 0.360. The first-order chi connectivity index (χ1) is 16.9. The maximum atomic E-state index is 14.8. The smallest absolute Gasteiger partial charge is 0.277 e. The first-order valence-corrected chi connectivity index (χ1v) is 12.0. The van der Waals surface area contributed by atoms with E-state index in [0.29, 0.717) is 36.9 Å². The molecule has 10 heteroatoms. The second-order valence-corrected chi connectivity index (χ2v) is 9.59. The first-order valence-electron chi connectivity index (χ1n) is 11.6. The molecule has 6 rings (SSSR count). The molecule has 2 fully saturated rings. The summed E-state index contributed by atoms with van der Waals surface area (Å²) in [5, 5.41) is 4.46. The van der Waals surface area contributed by atoms with Gasteiger partial charge in [0.15, 0.2) is 5.65 Å². The third kappa shape index (κ3) is 4.02. The maximum Gasteiger partial charge on any atom is 0.277 e. The molecule has 180 valence electrons. The number of rotatable bonds is 4. The molecule has 0 radical (unpaired) electrons. The first kappa shape index (κ1) is 22.3. The maximum absolute atomic E-state index is 14.8. The minimum atomic E-state index is -0.782. The molecule has 1 saturated carbocycles. The average Bonchev–Trinajstić information content (AvgIpc) is 3.59. The Labute approximate surface area is 204 Å². The quantitative estimate of drug-likeness (QED) is 0.389. The van der Waals surface area contributed by atoms with E-state index < -0.39 is 17.2 Å². The molecule has 35 heavy (non-hydrogen) atoms. The summed E-state index contributed by atoms with van der Waals surface area (Å²) in [5.41, 5.74) is 1.85. The molecule has 2 unspecified atom stereocenters. The Kier molecular flexibility index (Phi) is 5.41. The SMILES string of the molecule is Cc1nc2c(-c3ccc(F)cc3F)nc(C3CCOC(c4cnn(C5CC5)c4)C3)cn2c(=O)c1Cl. The van der Waals surface area contributed by atoms with Crippen LogP contribution in [0.1, 0.15) is 60.7 Å². The van der Waals surface area contributed by atoms with Gasteiger partial charge in [-0.2, -0.15) is 5.10 Å². The lowest BCUT2D eigenvalue weighted by Crippen LogP contribution is -2.23. The Balaban J connectivity index is 1.45. The highest BCUT2D eigenvalue weighted by Gasteiger charge is 2.30. The van der Waals surface area contributed by atoms with Crippen LogP contribution in [0.15, 0.2) is 41.6 Å². The fourth-order valence-electron chi connectivity index (χ4n) is 4.66. The van der Waals surface area contributed by atoms with Crippen LogP contribution >= 0.6 is 11.6 Å². The van der Waals surface area contributed by atoms with Crippen molar-refractivity contribution in [1.29, 1.82) is 0 Å². The van der Waals surface area contributed by atoms with Gasteiger partial charge in [0.1, 0.15) is 22.4 Å².